The van der Waals surface area contributed by atoms with E-state index in [-0.39, 0.29) is 24.6 Å². The van der Waals surface area contributed by atoms with Crippen LogP contribution in [0.25, 0.3) is 22.5 Å². The summed E-state index contributed by atoms with van der Waals surface area (Å²) < 4.78 is 5.45. The zero-order chi connectivity index (χ0) is 28.0. The number of ether oxygens (including phenoxy) is 1. The third-order valence-corrected chi connectivity index (χ3v) is 6.49. The Labute approximate surface area is 232 Å². The summed E-state index contributed by atoms with van der Waals surface area (Å²) in [6, 6.07) is 20.8. The van der Waals surface area contributed by atoms with Crippen molar-refractivity contribution in [1.82, 2.24) is 20.5 Å². The van der Waals surface area contributed by atoms with E-state index < -0.39 is 23.5 Å². The van der Waals surface area contributed by atoms with Gasteiger partial charge in [-0.05, 0) is 48.2 Å². The lowest BCUT2D eigenvalue weighted by Gasteiger charge is -2.30. The summed E-state index contributed by atoms with van der Waals surface area (Å²) in [7, 11) is 0. The number of carbonyl (C=O) groups is 2. The largest absolute Gasteiger partial charge is 0.463 e. The van der Waals surface area contributed by atoms with E-state index in [4.69, 9.17) is 16.3 Å². The Morgan fingerprint density at radius 2 is 1.74 bits per heavy atom. The Morgan fingerprint density at radius 3 is 2.41 bits per heavy atom. The highest BCUT2D eigenvalue weighted by Crippen LogP contribution is 2.33. The number of benzene rings is 2. The van der Waals surface area contributed by atoms with Crippen molar-refractivity contribution in [3.05, 3.63) is 95.3 Å². The number of rotatable bonds is 10. The number of carbonyl (C=O) groups excluding carboxylic acids is 2. The van der Waals surface area contributed by atoms with Gasteiger partial charge in [0.25, 0.3) is 5.91 Å². The van der Waals surface area contributed by atoms with Crippen molar-refractivity contribution in [2.45, 2.75) is 38.8 Å². The first-order valence-corrected chi connectivity index (χ1v) is 13.1. The summed E-state index contributed by atoms with van der Waals surface area (Å²) >= 11 is 6.34. The van der Waals surface area contributed by atoms with Crippen LogP contribution in [0.5, 0.6) is 0 Å². The predicted molar refractivity (Wildman–Crippen MR) is 150 cm³/mol. The number of aromatic nitrogens is 3. The fourth-order valence-electron chi connectivity index (χ4n) is 4.18. The minimum absolute atomic E-state index is 0.0894. The second kappa shape index (κ2) is 12.2. The number of halogens is 1. The zero-order valence-electron chi connectivity index (χ0n) is 22.0. The molecule has 0 saturated carbocycles. The first kappa shape index (κ1) is 28.0. The Bertz CT molecular complexity index is 1420. The van der Waals surface area contributed by atoms with Gasteiger partial charge >= 0.3 is 5.97 Å². The number of amides is 1. The van der Waals surface area contributed by atoms with Crippen LogP contribution in [0.2, 0.25) is 5.02 Å². The van der Waals surface area contributed by atoms with E-state index in [1.807, 2.05) is 38.1 Å². The van der Waals surface area contributed by atoms with Gasteiger partial charge in [0.2, 0.25) is 0 Å². The molecule has 0 aliphatic heterocycles. The van der Waals surface area contributed by atoms with E-state index in [0.29, 0.717) is 22.0 Å². The van der Waals surface area contributed by atoms with Gasteiger partial charge in [0.15, 0.2) is 5.60 Å². The van der Waals surface area contributed by atoms with Gasteiger partial charge in [-0.2, -0.15) is 5.10 Å². The van der Waals surface area contributed by atoms with Crippen molar-refractivity contribution in [2.24, 2.45) is 5.92 Å². The number of hydrogen-bond donors (Lipinski definition) is 3. The van der Waals surface area contributed by atoms with Gasteiger partial charge in [0, 0.05) is 29.2 Å². The van der Waals surface area contributed by atoms with Gasteiger partial charge in [-0.1, -0.05) is 74.0 Å². The van der Waals surface area contributed by atoms with Crippen molar-refractivity contribution in [2.75, 3.05) is 6.61 Å². The highest BCUT2D eigenvalue weighted by atomic mass is 35.5. The number of pyridine rings is 1. The molecular weight excluding hydrogens is 516 g/mol. The summed E-state index contributed by atoms with van der Waals surface area (Å²) in [5.74, 6) is -1.11. The number of nitrogens with one attached hydrogen (secondary N) is 2. The number of hydrogen-bond acceptors (Lipinski definition) is 6. The first-order chi connectivity index (χ1) is 18.7. The topological polar surface area (TPSA) is 117 Å². The standard InChI is InChI=1S/C30H31ClN4O4/c1-19(2)18-39-29(37)30(38,22-13-11-21(12-14-22)23-8-4-5-9-24(23)31)17-20(3)33-28(36)27-16-26(34-35-27)25-10-6-7-15-32-25/h4-16,19-20,38H,17-18H2,1-3H3,(H,33,36)(H,34,35). The fourth-order valence-corrected chi connectivity index (χ4v) is 4.43. The maximum absolute atomic E-state index is 13.2. The van der Waals surface area contributed by atoms with E-state index in [0.717, 1.165) is 11.1 Å². The third kappa shape index (κ3) is 6.71. The molecule has 0 aliphatic rings. The molecule has 39 heavy (non-hydrogen) atoms. The zero-order valence-corrected chi connectivity index (χ0v) is 22.8. The second-order valence-electron chi connectivity index (χ2n) is 9.87. The van der Waals surface area contributed by atoms with Gasteiger partial charge in [0.05, 0.1) is 12.3 Å². The van der Waals surface area contributed by atoms with Crippen molar-refractivity contribution >= 4 is 23.5 Å². The first-order valence-electron chi connectivity index (χ1n) is 12.7. The minimum atomic E-state index is -1.99. The molecule has 3 N–H and O–H groups in total. The molecule has 2 aromatic carbocycles. The van der Waals surface area contributed by atoms with E-state index in [1.165, 1.54) is 0 Å². The fraction of sp³-hybridized carbons (Fsp3) is 0.267. The molecule has 0 bridgehead atoms. The van der Waals surface area contributed by atoms with Crippen LogP contribution >= 0.6 is 11.6 Å². The summed E-state index contributed by atoms with van der Waals surface area (Å²) in [5.41, 5.74) is 1.43. The molecule has 1 amide bonds. The van der Waals surface area contributed by atoms with Crippen LogP contribution in [0, 0.1) is 5.92 Å². The molecule has 9 heteroatoms. The normalized spacial score (nSPS) is 13.5. The van der Waals surface area contributed by atoms with Crippen LogP contribution < -0.4 is 5.32 Å². The van der Waals surface area contributed by atoms with E-state index >= 15 is 0 Å². The molecule has 2 aromatic heterocycles. The molecule has 0 fully saturated rings. The second-order valence-corrected chi connectivity index (χ2v) is 10.3. The summed E-state index contributed by atoms with van der Waals surface area (Å²) in [5, 5.41) is 22.0. The average molecular weight is 547 g/mol. The minimum Gasteiger partial charge on any atom is -0.463 e. The van der Waals surface area contributed by atoms with E-state index in [9.17, 15) is 14.7 Å². The van der Waals surface area contributed by atoms with Gasteiger partial charge < -0.3 is 15.2 Å². The lowest BCUT2D eigenvalue weighted by Crippen LogP contribution is -2.45. The lowest BCUT2D eigenvalue weighted by molar-refractivity contribution is -0.169. The number of esters is 1. The van der Waals surface area contributed by atoms with Crippen molar-refractivity contribution in [3.8, 4) is 22.5 Å². The molecule has 0 radical (unpaired) electrons. The molecule has 0 spiro atoms. The maximum atomic E-state index is 13.2. The Kier molecular flexibility index (Phi) is 8.79. The molecule has 2 atom stereocenters. The summed E-state index contributed by atoms with van der Waals surface area (Å²) in [6.07, 6.45) is 1.54. The third-order valence-electron chi connectivity index (χ3n) is 6.16. The van der Waals surface area contributed by atoms with Crippen LogP contribution in [-0.4, -0.2) is 44.8 Å². The van der Waals surface area contributed by atoms with Crippen LogP contribution in [0.4, 0.5) is 0 Å². The Morgan fingerprint density at radius 1 is 1.03 bits per heavy atom. The molecule has 2 unspecified atom stereocenters. The Hall–Kier alpha value is -4.01. The number of aliphatic hydroxyl groups is 1. The van der Waals surface area contributed by atoms with Crippen LogP contribution in [0.15, 0.2) is 79.0 Å². The maximum Gasteiger partial charge on any atom is 0.342 e. The Balaban J connectivity index is 1.53. The van der Waals surface area contributed by atoms with Gasteiger partial charge in [-0.25, -0.2) is 4.79 Å². The highest BCUT2D eigenvalue weighted by Gasteiger charge is 2.41. The number of aromatic amines is 1. The molecule has 0 aliphatic carbocycles. The molecule has 4 rings (SSSR count). The van der Waals surface area contributed by atoms with Crippen molar-refractivity contribution in [1.29, 1.82) is 0 Å². The average Bonchev–Trinajstić information content (AvgIpc) is 3.43. The monoisotopic (exact) mass is 546 g/mol. The highest BCUT2D eigenvalue weighted by molar-refractivity contribution is 6.33. The van der Waals surface area contributed by atoms with E-state index in [2.05, 4.69) is 20.5 Å². The smallest absolute Gasteiger partial charge is 0.342 e. The SMILES string of the molecule is CC(C)COC(=O)C(O)(CC(C)NC(=O)c1cc(-c2ccccn2)n[nH]1)c1ccc(-c2ccccc2Cl)cc1. The van der Waals surface area contributed by atoms with E-state index in [1.54, 1.807) is 61.7 Å². The number of H-pyrrole nitrogens is 1. The molecule has 0 saturated heterocycles. The molecule has 2 heterocycles. The van der Waals surface area contributed by atoms with Gasteiger partial charge in [-0.15, -0.1) is 0 Å². The summed E-state index contributed by atoms with van der Waals surface area (Å²) in [6.45, 7) is 5.70. The van der Waals surface area contributed by atoms with Crippen molar-refractivity contribution in [3.63, 3.8) is 0 Å². The van der Waals surface area contributed by atoms with Crippen LogP contribution in [-0.2, 0) is 15.1 Å². The molecule has 4 aromatic rings. The van der Waals surface area contributed by atoms with Crippen LogP contribution in [0.1, 0.15) is 43.2 Å². The van der Waals surface area contributed by atoms with Gasteiger partial charge in [0.1, 0.15) is 11.4 Å². The van der Waals surface area contributed by atoms with Gasteiger partial charge in [-0.3, -0.25) is 14.9 Å². The lowest BCUT2D eigenvalue weighted by atomic mass is 9.86. The molecule has 202 valence electrons. The molecule has 8 nitrogen and oxygen atoms in total. The summed E-state index contributed by atoms with van der Waals surface area (Å²) in [4.78, 5) is 30.4. The quantitative estimate of drug-likeness (QED) is 0.230. The van der Waals surface area contributed by atoms with Crippen LogP contribution in [0.3, 0.4) is 0 Å². The number of nitrogens with zero attached hydrogens (tertiary/aromatic N) is 2. The van der Waals surface area contributed by atoms with Crippen molar-refractivity contribution < 1.29 is 19.4 Å². The molecular formula is C30H31ClN4O4. The predicted octanol–water partition coefficient (Wildman–Crippen LogP) is 5.39.